The number of hydrogen-bond donors (Lipinski definition) is 1. The van der Waals surface area contributed by atoms with Gasteiger partial charge in [0.05, 0.1) is 13.7 Å². The van der Waals surface area contributed by atoms with E-state index >= 15 is 0 Å². The molecule has 0 aromatic heterocycles. The lowest BCUT2D eigenvalue weighted by Crippen LogP contribution is -2.23. The van der Waals surface area contributed by atoms with Crippen LogP contribution in [0.15, 0.2) is 18.2 Å². The lowest BCUT2D eigenvalue weighted by Gasteiger charge is -2.28. The maximum absolute atomic E-state index is 6.42. The second-order valence-electron chi connectivity index (χ2n) is 5.27. The van der Waals surface area contributed by atoms with Crippen molar-refractivity contribution in [3.8, 4) is 11.5 Å². The predicted octanol–water partition coefficient (Wildman–Crippen LogP) is 3.67. The van der Waals surface area contributed by atoms with E-state index in [2.05, 4.69) is 6.07 Å². The van der Waals surface area contributed by atoms with Crippen LogP contribution >= 0.6 is 0 Å². The van der Waals surface area contributed by atoms with Gasteiger partial charge in [-0.1, -0.05) is 25.3 Å². The Kier molecular flexibility index (Phi) is 5.08. The van der Waals surface area contributed by atoms with Crippen LogP contribution in [0.25, 0.3) is 0 Å². The molecule has 1 atom stereocenters. The van der Waals surface area contributed by atoms with Crippen molar-refractivity contribution in [2.45, 2.75) is 45.1 Å². The molecule has 0 aliphatic heterocycles. The maximum Gasteiger partial charge on any atom is 0.161 e. The summed E-state index contributed by atoms with van der Waals surface area (Å²) in [6, 6.07) is 6.20. The van der Waals surface area contributed by atoms with Gasteiger partial charge in [0, 0.05) is 6.04 Å². The third kappa shape index (κ3) is 3.41. The monoisotopic (exact) mass is 263 g/mol. The van der Waals surface area contributed by atoms with Crippen LogP contribution in [0.2, 0.25) is 0 Å². The first-order valence-corrected chi connectivity index (χ1v) is 7.32. The van der Waals surface area contributed by atoms with Crippen molar-refractivity contribution in [2.24, 2.45) is 11.7 Å². The van der Waals surface area contributed by atoms with Gasteiger partial charge in [0.1, 0.15) is 0 Å². The summed E-state index contributed by atoms with van der Waals surface area (Å²) in [6.45, 7) is 2.62. The van der Waals surface area contributed by atoms with Crippen molar-refractivity contribution in [2.75, 3.05) is 13.7 Å². The van der Waals surface area contributed by atoms with E-state index < -0.39 is 0 Å². The van der Waals surface area contributed by atoms with E-state index in [9.17, 15) is 0 Å². The molecule has 3 heteroatoms. The van der Waals surface area contributed by atoms with E-state index in [4.69, 9.17) is 15.2 Å². The van der Waals surface area contributed by atoms with E-state index in [1.54, 1.807) is 7.11 Å². The van der Waals surface area contributed by atoms with E-state index in [0.29, 0.717) is 12.5 Å². The molecular weight excluding hydrogens is 238 g/mol. The highest BCUT2D eigenvalue weighted by Crippen LogP contribution is 2.36. The Morgan fingerprint density at radius 2 is 1.95 bits per heavy atom. The van der Waals surface area contributed by atoms with Crippen molar-refractivity contribution in [1.82, 2.24) is 0 Å². The topological polar surface area (TPSA) is 44.5 Å². The Morgan fingerprint density at radius 1 is 1.21 bits per heavy atom. The van der Waals surface area contributed by atoms with Gasteiger partial charge < -0.3 is 15.2 Å². The first-order valence-electron chi connectivity index (χ1n) is 7.32. The Morgan fingerprint density at radius 3 is 2.58 bits per heavy atom. The van der Waals surface area contributed by atoms with Gasteiger partial charge in [0.15, 0.2) is 11.5 Å². The number of ether oxygens (including phenoxy) is 2. The van der Waals surface area contributed by atoms with Crippen molar-refractivity contribution in [1.29, 1.82) is 0 Å². The molecule has 3 nitrogen and oxygen atoms in total. The standard InChI is InChI=1S/C16H25NO2/c1-3-19-14-10-9-13(11-15(14)18-2)16(17)12-7-5-4-6-8-12/h9-12,16H,3-8,17H2,1-2H3/t16-/m1/s1. The molecule has 2 N–H and O–H groups in total. The van der Waals surface area contributed by atoms with E-state index in [1.165, 1.54) is 32.1 Å². The molecule has 106 valence electrons. The number of hydrogen-bond acceptors (Lipinski definition) is 3. The average molecular weight is 263 g/mol. The summed E-state index contributed by atoms with van der Waals surface area (Å²) in [6.07, 6.45) is 6.47. The Labute approximate surface area is 116 Å². The largest absolute Gasteiger partial charge is 0.493 e. The normalized spacial score (nSPS) is 18.1. The van der Waals surface area contributed by atoms with Gasteiger partial charge >= 0.3 is 0 Å². The van der Waals surface area contributed by atoms with Crippen LogP contribution in [0, 0.1) is 5.92 Å². The third-order valence-corrected chi connectivity index (χ3v) is 4.03. The molecule has 19 heavy (non-hydrogen) atoms. The van der Waals surface area contributed by atoms with Crippen LogP contribution in [0.4, 0.5) is 0 Å². The summed E-state index contributed by atoms with van der Waals surface area (Å²) in [5.41, 5.74) is 7.58. The van der Waals surface area contributed by atoms with Gasteiger partial charge in [-0.2, -0.15) is 0 Å². The second-order valence-corrected chi connectivity index (χ2v) is 5.27. The van der Waals surface area contributed by atoms with Gasteiger partial charge in [-0.15, -0.1) is 0 Å². The molecule has 0 heterocycles. The highest BCUT2D eigenvalue weighted by molar-refractivity contribution is 5.44. The molecule has 0 saturated heterocycles. The van der Waals surface area contributed by atoms with E-state index in [0.717, 1.165) is 17.1 Å². The van der Waals surface area contributed by atoms with Gasteiger partial charge in [0.25, 0.3) is 0 Å². The number of nitrogens with two attached hydrogens (primary N) is 1. The first-order chi connectivity index (χ1) is 9.26. The van der Waals surface area contributed by atoms with E-state index in [1.807, 2.05) is 19.1 Å². The van der Waals surface area contributed by atoms with Crippen LogP contribution in [-0.4, -0.2) is 13.7 Å². The zero-order valence-electron chi connectivity index (χ0n) is 12.0. The lowest BCUT2D eigenvalue weighted by molar-refractivity contribution is 0.301. The molecule has 0 spiro atoms. The summed E-state index contributed by atoms with van der Waals surface area (Å²) in [5.74, 6) is 2.19. The molecule has 1 aliphatic rings. The van der Waals surface area contributed by atoms with Gasteiger partial charge in [0.2, 0.25) is 0 Å². The molecule has 1 aromatic carbocycles. The number of rotatable bonds is 5. The zero-order valence-corrected chi connectivity index (χ0v) is 12.0. The summed E-state index contributed by atoms with van der Waals surface area (Å²) >= 11 is 0. The summed E-state index contributed by atoms with van der Waals surface area (Å²) in [4.78, 5) is 0. The molecule has 1 aromatic rings. The van der Waals surface area contributed by atoms with Crippen molar-refractivity contribution in [3.05, 3.63) is 23.8 Å². The fourth-order valence-corrected chi connectivity index (χ4v) is 2.93. The zero-order chi connectivity index (χ0) is 13.7. The summed E-state index contributed by atoms with van der Waals surface area (Å²) < 4.78 is 10.9. The van der Waals surface area contributed by atoms with Crippen LogP contribution in [0.1, 0.15) is 50.6 Å². The van der Waals surface area contributed by atoms with E-state index in [-0.39, 0.29) is 6.04 Å². The van der Waals surface area contributed by atoms with Crippen LogP contribution in [0.3, 0.4) is 0 Å². The van der Waals surface area contributed by atoms with Crippen molar-refractivity contribution < 1.29 is 9.47 Å². The molecule has 0 unspecified atom stereocenters. The molecule has 1 aliphatic carbocycles. The lowest BCUT2D eigenvalue weighted by atomic mass is 9.81. The van der Waals surface area contributed by atoms with Crippen LogP contribution in [0.5, 0.6) is 11.5 Å². The molecule has 0 bridgehead atoms. The van der Waals surface area contributed by atoms with Crippen molar-refractivity contribution in [3.63, 3.8) is 0 Å². The second kappa shape index (κ2) is 6.80. The number of benzene rings is 1. The fraction of sp³-hybridized carbons (Fsp3) is 0.625. The Balaban J connectivity index is 2.14. The summed E-state index contributed by atoms with van der Waals surface area (Å²) in [7, 11) is 1.67. The van der Waals surface area contributed by atoms with Crippen LogP contribution < -0.4 is 15.2 Å². The molecule has 2 rings (SSSR count). The average Bonchev–Trinajstić information content (AvgIpc) is 2.48. The number of methoxy groups -OCH3 is 1. The summed E-state index contributed by atoms with van der Waals surface area (Å²) in [5, 5.41) is 0. The highest BCUT2D eigenvalue weighted by atomic mass is 16.5. The van der Waals surface area contributed by atoms with Crippen LogP contribution in [-0.2, 0) is 0 Å². The minimum absolute atomic E-state index is 0.116. The predicted molar refractivity (Wildman–Crippen MR) is 77.7 cm³/mol. The minimum atomic E-state index is 0.116. The quantitative estimate of drug-likeness (QED) is 0.881. The Hall–Kier alpha value is -1.22. The molecule has 0 amide bonds. The Bertz CT molecular complexity index is 400. The molecule has 1 saturated carbocycles. The highest BCUT2D eigenvalue weighted by Gasteiger charge is 2.22. The SMILES string of the molecule is CCOc1ccc([C@H](N)C2CCCCC2)cc1OC. The van der Waals surface area contributed by atoms with Crippen molar-refractivity contribution >= 4 is 0 Å². The fourth-order valence-electron chi connectivity index (χ4n) is 2.93. The van der Waals surface area contributed by atoms with Gasteiger partial charge in [-0.25, -0.2) is 0 Å². The molecule has 0 radical (unpaired) electrons. The minimum Gasteiger partial charge on any atom is -0.493 e. The molecule has 1 fully saturated rings. The first kappa shape index (κ1) is 14.2. The van der Waals surface area contributed by atoms with Gasteiger partial charge in [-0.3, -0.25) is 0 Å². The molecular formula is C16H25NO2. The third-order valence-electron chi connectivity index (χ3n) is 4.03. The van der Waals surface area contributed by atoms with Gasteiger partial charge in [-0.05, 0) is 43.4 Å². The maximum atomic E-state index is 6.42. The smallest absolute Gasteiger partial charge is 0.161 e.